The van der Waals surface area contributed by atoms with E-state index in [9.17, 15) is 4.79 Å². The van der Waals surface area contributed by atoms with Gasteiger partial charge in [-0.25, -0.2) is 4.79 Å². The molecule has 0 atom stereocenters. The predicted octanol–water partition coefficient (Wildman–Crippen LogP) is 4.57. The van der Waals surface area contributed by atoms with Gasteiger partial charge in [0.15, 0.2) is 0 Å². The summed E-state index contributed by atoms with van der Waals surface area (Å²) in [4.78, 5) is 13.4. The van der Waals surface area contributed by atoms with Gasteiger partial charge in [-0.3, -0.25) is 0 Å². The summed E-state index contributed by atoms with van der Waals surface area (Å²) < 4.78 is 0. The quantitative estimate of drug-likeness (QED) is 0.855. The number of hydrogen-bond acceptors (Lipinski definition) is 2. The van der Waals surface area contributed by atoms with Crippen molar-refractivity contribution in [2.24, 2.45) is 0 Å². The summed E-state index contributed by atoms with van der Waals surface area (Å²) >= 11 is 13.7. The molecule has 2 aromatic rings. The number of nitrogens with one attached hydrogen (secondary N) is 2. The van der Waals surface area contributed by atoms with Gasteiger partial charge in [0.2, 0.25) is 0 Å². The van der Waals surface area contributed by atoms with Crippen LogP contribution in [0.2, 0.25) is 10.0 Å². The number of carbonyl (C=O) groups excluding carboxylic acids is 1. The molecule has 0 aromatic heterocycles. The van der Waals surface area contributed by atoms with Crippen molar-refractivity contribution in [3.05, 3.63) is 58.1 Å². The minimum atomic E-state index is -0.239. The molecule has 0 aliphatic heterocycles. The summed E-state index contributed by atoms with van der Waals surface area (Å²) in [6.45, 7) is 0.370. The number of carbonyl (C=O) groups is 1. The molecule has 2 N–H and O–H groups in total. The van der Waals surface area contributed by atoms with E-state index in [2.05, 4.69) is 10.6 Å². The first kappa shape index (κ1) is 16.0. The fourth-order valence-corrected chi connectivity index (χ4v) is 3.09. The molecule has 0 saturated heterocycles. The molecule has 0 aliphatic rings. The monoisotopic (exact) mass is 340 g/mol. The van der Waals surface area contributed by atoms with Crippen LogP contribution in [-0.4, -0.2) is 13.1 Å². The van der Waals surface area contributed by atoms with Gasteiger partial charge < -0.3 is 10.6 Å². The third-order valence-electron chi connectivity index (χ3n) is 2.77. The maximum absolute atomic E-state index is 11.3. The van der Waals surface area contributed by atoms with Crippen LogP contribution in [-0.2, 0) is 6.54 Å². The van der Waals surface area contributed by atoms with E-state index in [1.807, 2.05) is 42.5 Å². The second kappa shape index (κ2) is 7.59. The van der Waals surface area contributed by atoms with E-state index in [1.165, 1.54) is 0 Å². The average Bonchev–Trinajstić information content (AvgIpc) is 2.48. The van der Waals surface area contributed by atoms with Crippen LogP contribution in [0.3, 0.4) is 0 Å². The summed E-state index contributed by atoms with van der Waals surface area (Å²) in [5.41, 5.74) is 0.891. The van der Waals surface area contributed by atoms with Crippen molar-refractivity contribution < 1.29 is 4.79 Å². The molecule has 0 aliphatic carbocycles. The lowest BCUT2D eigenvalue weighted by Crippen LogP contribution is -2.32. The van der Waals surface area contributed by atoms with Gasteiger partial charge in [-0.1, -0.05) is 41.0 Å². The molecular formula is C15H14Cl2N2OS. The highest BCUT2D eigenvalue weighted by Crippen LogP contribution is 2.34. The van der Waals surface area contributed by atoms with Crippen molar-refractivity contribution in [1.82, 2.24) is 10.6 Å². The lowest BCUT2D eigenvalue weighted by Gasteiger charge is -2.12. The van der Waals surface area contributed by atoms with Crippen LogP contribution in [0.25, 0.3) is 0 Å². The van der Waals surface area contributed by atoms with Crippen LogP contribution >= 0.6 is 35.0 Å². The smallest absolute Gasteiger partial charge is 0.314 e. The van der Waals surface area contributed by atoms with E-state index in [0.717, 1.165) is 15.4 Å². The number of benzene rings is 2. The van der Waals surface area contributed by atoms with Crippen LogP contribution in [0.4, 0.5) is 4.79 Å². The highest BCUT2D eigenvalue weighted by molar-refractivity contribution is 7.99. The number of halogens is 2. The number of rotatable bonds is 4. The summed E-state index contributed by atoms with van der Waals surface area (Å²) in [6, 6.07) is 13.0. The standard InChI is InChI=1S/C15H14Cl2N2OS/c1-18-15(20)19-9-12-13(17)3-2-4-14(12)21-11-7-5-10(16)6-8-11/h2-8H,9H2,1H3,(H2,18,19,20). The first-order chi connectivity index (χ1) is 10.1. The fraction of sp³-hybridized carbons (Fsp3) is 0.133. The van der Waals surface area contributed by atoms with Crippen molar-refractivity contribution in [2.45, 2.75) is 16.3 Å². The average molecular weight is 341 g/mol. The van der Waals surface area contributed by atoms with Gasteiger partial charge >= 0.3 is 6.03 Å². The molecule has 3 nitrogen and oxygen atoms in total. The largest absolute Gasteiger partial charge is 0.341 e. The van der Waals surface area contributed by atoms with E-state index >= 15 is 0 Å². The molecule has 0 bridgehead atoms. The van der Waals surface area contributed by atoms with E-state index in [0.29, 0.717) is 16.6 Å². The van der Waals surface area contributed by atoms with E-state index in [1.54, 1.807) is 18.8 Å². The zero-order valence-electron chi connectivity index (χ0n) is 11.3. The number of amides is 2. The Morgan fingerprint density at radius 3 is 2.52 bits per heavy atom. The molecule has 0 radical (unpaired) electrons. The second-order valence-electron chi connectivity index (χ2n) is 4.21. The molecule has 2 aromatic carbocycles. The highest BCUT2D eigenvalue weighted by atomic mass is 35.5. The van der Waals surface area contributed by atoms with Crippen molar-refractivity contribution in [1.29, 1.82) is 0 Å². The van der Waals surface area contributed by atoms with Crippen molar-refractivity contribution in [3.8, 4) is 0 Å². The Bertz CT molecular complexity index is 632. The molecule has 21 heavy (non-hydrogen) atoms. The number of hydrogen-bond donors (Lipinski definition) is 2. The van der Waals surface area contributed by atoms with Crippen molar-refractivity contribution >= 4 is 41.0 Å². The topological polar surface area (TPSA) is 41.1 Å². The maximum atomic E-state index is 11.3. The summed E-state index contributed by atoms with van der Waals surface area (Å²) in [5, 5.41) is 6.60. The Hall–Kier alpha value is -1.36. The summed E-state index contributed by atoms with van der Waals surface area (Å²) in [6.07, 6.45) is 0. The van der Waals surface area contributed by atoms with Crippen LogP contribution in [0.1, 0.15) is 5.56 Å². The van der Waals surface area contributed by atoms with Crippen molar-refractivity contribution in [2.75, 3.05) is 7.05 Å². The van der Waals surface area contributed by atoms with Gasteiger partial charge in [0.1, 0.15) is 0 Å². The summed E-state index contributed by atoms with van der Waals surface area (Å²) in [5.74, 6) is 0. The molecule has 0 spiro atoms. The highest BCUT2D eigenvalue weighted by Gasteiger charge is 2.09. The molecule has 0 fully saturated rings. The molecular weight excluding hydrogens is 327 g/mol. The Morgan fingerprint density at radius 2 is 1.86 bits per heavy atom. The van der Waals surface area contributed by atoms with Gasteiger partial charge in [-0.15, -0.1) is 0 Å². The molecule has 0 saturated carbocycles. The first-order valence-electron chi connectivity index (χ1n) is 6.26. The second-order valence-corrected chi connectivity index (χ2v) is 6.16. The molecule has 2 rings (SSSR count). The van der Waals surface area contributed by atoms with Crippen LogP contribution in [0, 0.1) is 0 Å². The number of urea groups is 1. The molecule has 0 unspecified atom stereocenters. The lowest BCUT2D eigenvalue weighted by atomic mass is 10.2. The third-order valence-corrected chi connectivity index (χ3v) is 4.49. The minimum absolute atomic E-state index is 0.239. The van der Waals surface area contributed by atoms with Gasteiger partial charge in [0.05, 0.1) is 0 Å². The Balaban J connectivity index is 2.20. The van der Waals surface area contributed by atoms with Gasteiger partial charge in [0, 0.05) is 39.0 Å². The Labute approximate surface area is 138 Å². The molecule has 2 amide bonds. The summed E-state index contributed by atoms with van der Waals surface area (Å²) in [7, 11) is 1.57. The molecule has 110 valence electrons. The lowest BCUT2D eigenvalue weighted by molar-refractivity contribution is 0.242. The molecule has 6 heteroatoms. The van der Waals surface area contributed by atoms with Crippen LogP contribution in [0.5, 0.6) is 0 Å². The first-order valence-corrected chi connectivity index (χ1v) is 7.84. The normalized spacial score (nSPS) is 10.2. The Kier molecular flexibility index (Phi) is 5.79. The Morgan fingerprint density at radius 1 is 1.14 bits per heavy atom. The zero-order valence-corrected chi connectivity index (χ0v) is 13.6. The van der Waals surface area contributed by atoms with Crippen molar-refractivity contribution in [3.63, 3.8) is 0 Å². The van der Waals surface area contributed by atoms with Crippen LogP contribution in [0.15, 0.2) is 52.3 Å². The minimum Gasteiger partial charge on any atom is -0.341 e. The third kappa shape index (κ3) is 4.56. The fourth-order valence-electron chi connectivity index (χ4n) is 1.69. The van der Waals surface area contributed by atoms with E-state index in [-0.39, 0.29) is 6.03 Å². The SMILES string of the molecule is CNC(=O)NCc1c(Cl)cccc1Sc1ccc(Cl)cc1. The zero-order chi connectivity index (χ0) is 15.2. The van der Waals surface area contributed by atoms with Crippen LogP contribution < -0.4 is 10.6 Å². The van der Waals surface area contributed by atoms with Gasteiger partial charge in [-0.2, -0.15) is 0 Å². The predicted molar refractivity (Wildman–Crippen MR) is 88.3 cm³/mol. The van der Waals surface area contributed by atoms with E-state index < -0.39 is 0 Å². The maximum Gasteiger partial charge on any atom is 0.314 e. The molecule has 0 heterocycles. The van der Waals surface area contributed by atoms with Gasteiger partial charge in [0.25, 0.3) is 0 Å². The van der Waals surface area contributed by atoms with E-state index in [4.69, 9.17) is 23.2 Å². The van der Waals surface area contributed by atoms with Gasteiger partial charge in [-0.05, 0) is 36.4 Å².